The average Bonchev–Trinajstić information content (AvgIpc) is 2.61. The molecule has 0 radical (unpaired) electrons. The zero-order valence-corrected chi connectivity index (χ0v) is 6.49. The molecule has 5 nitrogen and oxygen atoms in total. The van der Waals surface area contributed by atoms with Gasteiger partial charge in [-0.15, -0.1) is 0 Å². The summed E-state index contributed by atoms with van der Waals surface area (Å²) < 4.78 is 15.5. The minimum Gasteiger partial charge on any atom is -0.481 e. The lowest BCUT2D eigenvalue weighted by molar-refractivity contribution is -0.192. The van der Waals surface area contributed by atoms with Crippen LogP contribution in [0.3, 0.4) is 0 Å². The zero-order chi connectivity index (χ0) is 8.60. The SMILES string of the molecule is O=C(O)[C@H]1COCC12OCCO2. The first-order chi connectivity index (χ1) is 5.75. The molecule has 68 valence electrons. The molecule has 0 bridgehead atoms. The maximum atomic E-state index is 10.7. The Morgan fingerprint density at radius 2 is 2.08 bits per heavy atom. The second-order valence-corrected chi connectivity index (χ2v) is 2.91. The molecule has 1 N–H and O–H groups in total. The van der Waals surface area contributed by atoms with Crippen LogP contribution in [0.4, 0.5) is 0 Å². The molecular formula is C7H10O5. The van der Waals surface area contributed by atoms with E-state index in [1.807, 2.05) is 0 Å². The van der Waals surface area contributed by atoms with Crippen LogP contribution in [0.1, 0.15) is 0 Å². The van der Waals surface area contributed by atoms with Crippen LogP contribution in [-0.4, -0.2) is 43.3 Å². The van der Waals surface area contributed by atoms with Crippen molar-refractivity contribution in [2.24, 2.45) is 5.92 Å². The van der Waals surface area contributed by atoms with Crippen molar-refractivity contribution in [1.82, 2.24) is 0 Å². The molecule has 2 aliphatic rings. The van der Waals surface area contributed by atoms with Gasteiger partial charge in [-0.05, 0) is 0 Å². The summed E-state index contributed by atoms with van der Waals surface area (Å²) in [7, 11) is 0. The third-order valence-corrected chi connectivity index (χ3v) is 2.19. The summed E-state index contributed by atoms with van der Waals surface area (Å²) in [6, 6.07) is 0. The van der Waals surface area contributed by atoms with Gasteiger partial charge in [0.2, 0.25) is 5.79 Å². The van der Waals surface area contributed by atoms with Crippen LogP contribution in [0.25, 0.3) is 0 Å². The molecule has 2 heterocycles. The highest BCUT2D eigenvalue weighted by Gasteiger charge is 2.53. The molecule has 12 heavy (non-hydrogen) atoms. The van der Waals surface area contributed by atoms with Gasteiger partial charge in [-0.1, -0.05) is 0 Å². The van der Waals surface area contributed by atoms with Crippen LogP contribution in [0.2, 0.25) is 0 Å². The fraction of sp³-hybridized carbons (Fsp3) is 0.857. The van der Waals surface area contributed by atoms with E-state index in [-0.39, 0.29) is 13.2 Å². The Balaban J connectivity index is 2.17. The summed E-state index contributed by atoms with van der Waals surface area (Å²) in [5, 5.41) is 8.80. The van der Waals surface area contributed by atoms with Gasteiger partial charge < -0.3 is 19.3 Å². The van der Waals surface area contributed by atoms with Crippen LogP contribution < -0.4 is 0 Å². The molecule has 0 aromatic carbocycles. The van der Waals surface area contributed by atoms with Gasteiger partial charge in [-0.2, -0.15) is 0 Å². The Bertz CT molecular complexity index is 190. The van der Waals surface area contributed by atoms with Gasteiger partial charge in [0, 0.05) is 0 Å². The van der Waals surface area contributed by atoms with Crippen LogP contribution >= 0.6 is 0 Å². The molecule has 2 rings (SSSR count). The van der Waals surface area contributed by atoms with Crippen LogP contribution in [0.5, 0.6) is 0 Å². The molecule has 5 heteroatoms. The van der Waals surface area contributed by atoms with Crippen LogP contribution in [0.15, 0.2) is 0 Å². The maximum absolute atomic E-state index is 10.7. The number of carboxylic acids is 1. The van der Waals surface area contributed by atoms with Gasteiger partial charge in [0.25, 0.3) is 0 Å². The lowest BCUT2D eigenvalue weighted by Gasteiger charge is -2.23. The van der Waals surface area contributed by atoms with E-state index in [2.05, 4.69) is 0 Å². The summed E-state index contributed by atoms with van der Waals surface area (Å²) >= 11 is 0. The molecule has 0 aromatic rings. The number of carboxylic acid groups (broad SMARTS) is 1. The molecule has 0 amide bonds. The summed E-state index contributed by atoms with van der Waals surface area (Å²) in [6.07, 6.45) is 0. The molecule has 1 spiro atoms. The van der Waals surface area contributed by atoms with Crippen molar-refractivity contribution in [1.29, 1.82) is 0 Å². The Morgan fingerprint density at radius 3 is 2.67 bits per heavy atom. The largest absolute Gasteiger partial charge is 0.481 e. The Kier molecular flexibility index (Phi) is 1.79. The van der Waals surface area contributed by atoms with Gasteiger partial charge in [0.05, 0.1) is 19.8 Å². The summed E-state index contributed by atoms with van der Waals surface area (Å²) in [5.41, 5.74) is 0. The Morgan fingerprint density at radius 1 is 1.42 bits per heavy atom. The van der Waals surface area contributed by atoms with Crippen molar-refractivity contribution < 1.29 is 24.1 Å². The number of aliphatic carboxylic acids is 1. The maximum Gasteiger partial charge on any atom is 0.314 e. The van der Waals surface area contributed by atoms with Crippen LogP contribution in [-0.2, 0) is 19.0 Å². The number of rotatable bonds is 1. The van der Waals surface area contributed by atoms with Crippen molar-refractivity contribution in [3.8, 4) is 0 Å². The molecule has 0 aromatic heterocycles. The van der Waals surface area contributed by atoms with E-state index >= 15 is 0 Å². The Hall–Kier alpha value is -0.650. The van der Waals surface area contributed by atoms with E-state index in [4.69, 9.17) is 19.3 Å². The van der Waals surface area contributed by atoms with Gasteiger partial charge in [0.15, 0.2) is 0 Å². The number of carbonyl (C=O) groups is 1. The lowest BCUT2D eigenvalue weighted by atomic mass is 10.0. The summed E-state index contributed by atoms with van der Waals surface area (Å²) in [6.45, 7) is 1.31. The minimum absolute atomic E-state index is 0.176. The van der Waals surface area contributed by atoms with E-state index in [1.54, 1.807) is 0 Å². The second-order valence-electron chi connectivity index (χ2n) is 2.91. The molecule has 2 saturated heterocycles. The second kappa shape index (κ2) is 2.69. The topological polar surface area (TPSA) is 65.0 Å². The smallest absolute Gasteiger partial charge is 0.314 e. The predicted octanol–water partition coefficient (Wildman–Crippen LogP) is -0.540. The van der Waals surface area contributed by atoms with E-state index in [0.717, 1.165) is 0 Å². The highest BCUT2D eigenvalue weighted by Crippen LogP contribution is 2.34. The number of ether oxygens (including phenoxy) is 3. The molecule has 2 aliphatic heterocycles. The first-order valence-corrected chi connectivity index (χ1v) is 3.83. The minimum atomic E-state index is -0.994. The standard InChI is InChI=1S/C7H10O5/c8-6(9)5-3-10-4-7(5)11-1-2-12-7/h5H,1-4H2,(H,8,9)/t5-/m1/s1. The normalized spacial score (nSPS) is 32.8. The number of hydrogen-bond acceptors (Lipinski definition) is 4. The summed E-state index contributed by atoms with van der Waals surface area (Å²) in [4.78, 5) is 10.7. The first-order valence-electron chi connectivity index (χ1n) is 3.83. The van der Waals surface area contributed by atoms with Crippen molar-refractivity contribution in [2.45, 2.75) is 5.79 Å². The monoisotopic (exact) mass is 174 g/mol. The molecular weight excluding hydrogens is 164 g/mol. The molecule has 0 aliphatic carbocycles. The highest BCUT2D eigenvalue weighted by molar-refractivity contribution is 5.71. The van der Waals surface area contributed by atoms with Gasteiger partial charge in [-0.3, -0.25) is 4.79 Å². The van der Waals surface area contributed by atoms with Crippen molar-refractivity contribution in [2.75, 3.05) is 26.4 Å². The van der Waals surface area contributed by atoms with Gasteiger partial charge in [0.1, 0.15) is 12.5 Å². The molecule has 0 saturated carbocycles. The molecule has 1 atom stereocenters. The molecule has 2 fully saturated rings. The van der Waals surface area contributed by atoms with E-state index in [0.29, 0.717) is 13.2 Å². The van der Waals surface area contributed by atoms with E-state index in [9.17, 15) is 4.79 Å². The van der Waals surface area contributed by atoms with Crippen molar-refractivity contribution in [3.05, 3.63) is 0 Å². The highest BCUT2D eigenvalue weighted by atomic mass is 16.8. The third-order valence-electron chi connectivity index (χ3n) is 2.19. The Labute approximate surface area is 69.2 Å². The van der Waals surface area contributed by atoms with Gasteiger partial charge >= 0.3 is 5.97 Å². The zero-order valence-electron chi connectivity index (χ0n) is 6.49. The quantitative estimate of drug-likeness (QED) is 0.578. The van der Waals surface area contributed by atoms with Gasteiger partial charge in [-0.25, -0.2) is 0 Å². The first kappa shape index (κ1) is 7.97. The van der Waals surface area contributed by atoms with Crippen molar-refractivity contribution >= 4 is 5.97 Å². The molecule has 0 unspecified atom stereocenters. The fourth-order valence-corrected chi connectivity index (χ4v) is 1.56. The lowest BCUT2D eigenvalue weighted by Crippen LogP contribution is -2.42. The predicted molar refractivity (Wildman–Crippen MR) is 36.6 cm³/mol. The fourth-order valence-electron chi connectivity index (χ4n) is 1.56. The van der Waals surface area contributed by atoms with E-state index < -0.39 is 17.7 Å². The number of hydrogen-bond donors (Lipinski definition) is 1. The van der Waals surface area contributed by atoms with E-state index in [1.165, 1.54) is 0 Å². The third kappa shape index (κ3) is 1.01. The van der Waals surface area contributed by atoms with Crippen LogP contribution in [0, 0.1) is 5.92 Å². The van der Waals surface area contributed by atoms with Crippen molar-refractivity contribution in [3.63, 3.8) is 0 Å². The average molecular weight is 174 g/mol. The summed E-state index contributed by atoms with van der Waals surface area (Å²) in [5.74, 6) is -2.60.